The molecule has 1 aliphatic rings. The second kappa shape index (κ2) is 6.10. The first-order chi connectivity index (χ1) is 10.2. The van der Waals surface area contributed by atoms with Crippen molar-refractivity contribution in [1.29, 1.82) is 0 Å². The van der Waals surface area contributed by atoms with Crippen molar-refractivity contribution < 1.29 is 9.90 Å². The third-order valence-corrected chi connectivity index (χ3v) is 4.08. The zero-order chi connectivity index (χ0) is 14.7. The van der Waals surface area contributed by atoms with Crippen LogP contribution in [-0.4, -0.2) is 35.6 Å². The molecule has 0 aliphatic carbocycles. The number of nitrogens with zero attached hydrogens (tertiary/aromatic N) is 1. The molecule has 0 unspecified atom stereocenters. The zero-order valence-electron chi connectivity index (χ0n) is 11.9. The van der Waals surface area contributed by atoms with E-state index in [1.165, 1.54) is 16.7 Å². The number of carboxylic acid groups (broad SMARTS) is 1. The van der Waals surface area contributed by atoms with E-state index in [-0.39, 0.29) is 5.92 Å². The van der Waals surface area contributed by atoms with Crippen LogP contribution < -0.4 is 0 Å². The smallest absolute Gasteiger partial charge is 0.309 e. The summed E-state index contributed by atoms with van der Waals surface area (Å²) >= 11 is 0. The average Bonchev–Trinajstić information content (AvgIpc) is 2.47. The standard InChI is InChI=1S/C18H19NO2/c20-18(21)17-12-19(13-17)11-10-14-6-8-16(9-7-14)15-4-2-1-3-5-15/h1-9,17H,10-13H2,(H,20,21). The van der Waals surface area contributed by atoms with Gasteiger partial charge in [0.25, 0.3) is 0 Å². The van der Waals surface area contributed by atoms with E-state index in [0.29, 0.717) is 13.1 Å². The van der Waals surface area contributed by atoms with Crippen LogP contribution in [0.1, 0.15) is 5.56 Å². The first-order valence-electron chi connectivity index (χ1n) is 7.32. The molecule has 0 bridgehead atoms. The van der Waals surface area contributed by atoms with Crippen molar-refractivity contribution >= 4 is 5.97 Å². The van der Waals surface area contributed by atoms with Crippen LogP contribution in [0, 0.1) is 5.92 Å². The van der Waals surface area contributed by atoms with Gasteiger partial charge in [0.05, 0.1) is 5.92 Å². The Hall–Kier alpha value is -2.13. The van der Waals surface area contributed by atoms with Gasteiger partial charge in [-0.05, 0) is 23.1 Å². The van der Waals surface area contributed by atoms with E-state index in [1.807, 2.05) is 18.2 Å². The van der Waals surface area contributed by atoms with Gasteiger partial charge in [-0.25, -0.2) is 0 Å². The minimum atomic E-state index is -0.668. The fourth-order valence-electron chi connectivity index (χ4n) is 2.69. The van der Waals surface area contributed by atoms with Gasteiger partial charge in [-0.1, -0.05) is 54.6 Å². The lowest BCUT2D eigenvalue weighted by atomic mass is 9.99. The van der Waals surface area contributed by atoms with Crippen LogP contribution in [0.3, 0.4) is 0 Å². The van der Waals surface area contributed by atoms with Crippen molar-refractivity contribution in [3.63, 3.8) is 0 Å². The Morgan fingerprint density at radius 2 is 1.62 bits per heavy atom. The minimum Gasteiger partial charge on any atom is -0.481 e. The third kappa shape index (κ3) is 3.31. The van der Waals surface area contributed by atoms with Crippen LogP contribution in [0.25, 0.3) is 11.1 Å². The average molecular weight is 281 g/mol. The van der Waals surface area contributed by atoms with Gasteiger partial charge in [-0.3, -0.25) is 4.79 Å². The molecule has 3 rings (SSSR count). The van der Waals surface area contributed by atoms with E-state index in [4.69, 9.17) is 5.11 Å². The Bertz CT molecular complexity index is 601. The van der Waals surface area contributed by atoms with Gasteiger partial charge < -0.3 is 10.0 Å². The van der Waals surface area contributed by atoms with Crippen molar-refractivity contribution in [3.05, 3.63) is 60.2 Å². The predicted molar refractivity (Wildman–Crippen MR) is 83.1 cm³/mol. The fraction of sp³-hybridized carbons (Fsp3) is 0.278. The van der Waals surface area contributed by atoms with Crippen LogP contribution in [-0.2, 0) is 11.2 Å². The van der Waals surface area contributed by atoms with E-state index in [9.17, 15) is 4.79 Å². The Labute approximate surface area is 124 Å². The van der Waals surface area contributed by atoms with Crippen LogP contribution >= 0.6 is 0 Å². The molecule has 1 saturated heterocycles. The molecule has 1 N–H and O–H groups in total. The van der Waals surface area contributed by atoms with Crippen molar-refractivity contribution in [2.75, 3.05) is 19.6 Å². The molecule has 0 amide bonds. The second-order valence-electron chi connectivity index (χ2n) is 5.61. The molecule has 1 fully saturated rings. The van der Waals surface area contributed by atoms with Gasteiger partial charge in [-0.2, -0.15) is 0 Å². The van der Waals surface area contributed by atoms with Gasteiger partial charge >= 0.3 is 5.97 Å². The molecule has 2 aromatic carbocycles. The first kappa shape index (κ1) is 13.8. The fourth-order valence-corrected chi connectivity index (χ4v) is 2.69. The maximum atomic E-state index is 10.7. The van der Waals surface area contributed by atoms with E-state index < -0.39 is 5.97 Å². The van der Waals surface area contributed by atoms with Gasteiger partial charge in [0, 0.05) is 19.6 Å². The molecule has 0 aromatic heterocycles. The summed E-state index contributed by atoms with van der Waals surface area (Å²) in [5.74, 6) is -0.830. The lowest BCUT2D eigenvalue weighted by Crippen LogP contribution is -2.50. The van der Waals surface area contributed by atoms with Crippen molar-refractivity contribution in [1.82, 2.24) is 4.90 Å². The number of carboxylic acids is 1. The maximum absolute atomic E-state index is 10.7. The second-order valence-corrected chi connectivity index (χ2v) is 5.61. The van der Waals surface area contributed by atoms with Crippen molar-refractivity contribution in [3.8, 4) is 11.1 Å². The molecule has 21 heavy (non-hydrogen) atoms. The molecule has 3 heteroatoms. The summed E-state index contributed by atoms with van der Waals surface area (Å²) in [6.45, 7) is 2.32. The Kier molecular flexibility index (Phi) is 4.02. The summed E-state index contributed by atoms with van der Waals surface area (Å²) < 4.78 is 0. The molecular formula is C18H19NO2. The number of carbonyl (C=O) groups is 1. The van der Waals surface area contributed by atoms with Crippen LogP contribution in [0.4, 0.5) is 0 Å². The summed E-state index contributed by atoms with van der Waals surface area (Å²) in [5.41, 5.74) is 3.76. The lowest BCUT2D eigenvalue weighted by molar-refractivity contribution is -0.147. The van der Waals surface area contributed by atoms with Crippen molar-refractivity contribution in [2.45, 2.75) is 6.42 Å². The van der Waals surface area contributed by atoms with Crippen LogP contribution in [0.2, 0.25) is 0 Å². The Balaban J connectivity index is 1.53. The summed E-state index contributed by atoms with van der Waals surface area (Å²) in [5, 5.41) is 8.85. The van der Waals surface area contributed by atoms with E-state index in [2.05, 4.69) is 41.3 Å². The highest BCUT2D eigenvalue weighted by atomic mass is 16.4. The monoisotopic (exact) mass is 281 g/mol. The molecule has 1 aliphatic heterocycles. The highest BCUT2D eigenvalue weighted by Crippen LogP contribution is 2.20. The zero-order valence-corrected chi connectivity index (χ0v) is 11.9. The quantitative estimate of drug-likeness (QED) is 0.916. The number of hydrogen-bond donors (Lipinski definition) is 1. The van der Waals surface area contributed by atoms with Crippen molar-refractivity contribution in [2.24, 2.45) is 5.92 Å². The number of rotatable bonds is 5. The Morgan fingerprint density at radius 1 is 1.00 bits per heavy atom. The molecule has 0 atom stereocenters. The summed E-state index contributed by atoms with van der Waals surface area (Å²) in [7, 11) is 0. The first-order valence-corrected chi connectivity index (χ1v) is 7.32. The SMILES string of the molecule is O=C(O)C1CN(CCc2ccc(-c3ccccc3)cc2)C1. The molecule has 0 spiro atoms. The number of benzene rings is 2. The number of hydrogen-bond acceptors (Lipinski definition) is 2. The van der Waals surface area contributed by atoms with E-state index in [0.717, 1.165) is 13.0 Å². The highest BCUT2D eigenvalue weighted by Gasteiger charge is 2.31. The molecule has 108 valence electrons. The van der Waals surface area contributed by atoms with Gasteiger partial charge in [-0.15, -0.1) is 0 Å². The van der Waals surface area contributed by atoms with Gasteiger partial charge in [0.2, 0.25) is 0 Å². The number of aliphatic carboxylic acids is 1. The lowest BCUT2D eigenvalue weighted by Gasteiger charge is -2.36. The summed E-state index contributed by atoms with van der Waals surface area (Å²) in [6.07, 6.45) is 0.974. The summed E-state index contributed by atoms with van der Waals surface area (Å²) in [4.78, 5) is 12.9. The summed E-state index contributed by atoms with van der Waals surface area (Å²) in [6, 6.07) is 19.0. The molecule has 3 nitrogen and oxygen atoms in total. The predicted octanol–water partition coefficient (Wildman–Crippen LogP) is 2.91. The normalized spacial score (nSPS) is 15.6. The highest BCUT2D eigenvalue weighted by molar-refractivity contribution is 5.71. The molecule has 0 radical (unpaired) electrons. The molecular weight excluding hydrogens is 262 g/mol. The van der Waals surface area contributed by atoms with E-state index >= 15 is 0 Å². The van der Waals surface area contributed by atoms with Crippen LogP contribution in [0.5, 0.6) is 0 Å². The van der Waals surface area contributed by atoms with E-state index in [1.54, 1.807) is 0 Å². The maximum Gasteiger partial charge on any atom is 0.309 e. The molecule has 1 heterocycles. The molecule has 2 aromatic rings. The number of likely N-dealkylation sites (tertiary alicyclic amines) is 1. The Morgan fingerprint density at radius 3 is 2.24 bits per heavy atom. The van der Waals surface area contributed by atoms with Crippen LogP contribution in [0.15, 0.2) is 54.6 Å². The van der Waals surface area contributed by atoms with Gasteiger partial charge in [0.15, 0.2) is 0 Å². The topological polar surface area (TPSA) is 40.5 Å². The largest absolute Gasteiger partial charge is 0.481 e. The molecule has 0 saturated carbocycles. The van der Waals surface area contributed by atoms with Gasteiger partial charge in [0.1, 0.15) is 0 Å². The third-order valence-electron chi connectivity index (χ3n) is 4.08. The minimum absolute atomic E-state index is 0.162.